The normalized spacial score (nSPS) is 19.8. The minimum absolute atomic E-state index is 0.104. The predicted octanol–water partition coefficient (Wildman–Crippen LogP) is 4.26. The number of carbonyl (C=O) groups is 2. The van der Waals surface area contributed by atoms with Crippen molar-refractivity contribution in [1.82, 2.24) is 4.90 Å². The highest BCUT2D eigenvalue weighted by molar-refractivity contribution is 9.10. The number of likely N-dealkylation sites (N-methyl/N-ethyl adjacent to an activating group) is 1. The van der Waals surface area contributed by atoms with Gasteiger partial charge in [-0.3, -0.25) is 9.59 Å². The SMILES string of the molecule is CN1C(=O)C(=O)C(=C(O)c2ccc(Br)cc2)[C@@H]1c1ccc(Br)cc1. The van der Waals surface area contributed by atoms with Crippen LogP contribution in [-0.2, 0) is 9.59 Å². The molecule has 24 heavy (non-hydrogen) atoms. The van der Waals surface area contributed by atoms with Crippen molar-refractivity contribution >= 4 is 49.3 Å². The second-order valence-electron chi connectivity index (χ2n) is 5.47. The van der Waals surface area contributed by atoms with Crippen molar-refractivity contribution in [2.45, 2.75) is 6.04 Å². The van der Waals surface area contributed by atoms with Gasteiger partial charge in [-0.05, 0) is 29.8 Å². The molecule has 1 N–H and O–H groups in total. The Morgan fingerprint density at radius 3 is 2.00 bits per heavy atom. The molecule has 2 aromatic carbocycles. The number of hydrogen-bond donors (Lipinski definition) is 1. The van der Waals surface area contributed by atoms with Crippen LogP contribution < -0.4 is 0 Å². The molecule has 1 heterocycles. The molecule has 0 bridgehead atoms. The molecule has 1 aliphatic rings. The number of nitrogens with zero attached hydrogens (tertiary/aromatic N) is 1. The van der Waals surface area contributed by atoms with E-state index in [1.165, 1.54) is 4.90 Å². The molecule has 6 heteroatoms. The summed E-state index contributed by atoms with van der Waals surface area (Å²) >= 11 is 6.70. The van der Waals surface area contributed by atoms with Crippen molar-refractivity contribution < 1.29 is 14.7 Å². The van der Waals surface area contributed by atoms with Gasteiger partial charge in [0.05, 0.1) is 11.6 Å². The van der Waals surface area contributed by atoms with E-state index in [-0.39, 0.29) is 11.3 Å². The first-order valence-corrected chi connectivity index (χ1v) is 8.74. The van der Waals surface area contributed by atoms with Crippen LogP contribution in [0.4, 0.5) is 0 Å². The lowest BCUT2D eigenvalue weighted by Crippen LogP contribution is -2.24. The number of likely N-dealkylation sites (tertiary alicyclic amines) is 1. The van der Waals surface area contributed by atoms with Crippen LogP contribution in [0.2, 0.25) is 0 Å². The first kappa shape index (κ1) is 16.9. The summed E-state index contributed by atoms with van der Waals surface area (Å²) in [6.07, 6.45) is 0. The lowest BCUT2D eigenvalue weighted by atomic mass is 9.95. The van der Waals surface area contributed by atoms with Crippen molar-refractivity contribution in [1.29, 1.82) is 0 Å². The van der Waals surface area contributed by atoms with Crippen LogP contribution in [0.15, 0.2) is 63.0 Å². The molecule has 4 nitrogen and oxygen atoms in total. The number of rotatable bonds is 2. The fraction of sp³-hybridized carbons (Fsp3) is 0.111. The molecule has 0 unspecified atom stereocenters. The molecular formula is C18H13Br2NO3. The maximum absolute atomic E-state index is 12.4. The second kappa shape index (κ2) is 6.53. The molecule has 2 aromatic rings. The largest absolute Gasteiger partial charge is 0.507 e. The zero-order valence-electron chi connectivity index (χ0n) is 12.7. The van der Waals surface area contributed by atoms with Gasteiger partial charge < -0.3 is 10.0 Å². The lowest BCUT2D eigenvalue weighted by Gasteiger charge is -2.21. The number of Topliss-reactive ketones (excluding diaryl/α,β-unsaturated/α-hetero) is 1. The second-order valence-corrected chi connectivity index (χ2v) is 7.30. The monoisotopic (exact) mass is 449 g/mol. The van der Waals surface area contributed by atoms with Crippen molar-refractivity contribution in [2.24, 2.45) is 0 Å². The van der Waals surface area contributed by atoms with Gasteiger partial charge in [0.25, 0.3) is 11.7 Å². The molecule has 1 aliphatic heterocycles. The summed E-state index contributed by atoms with van der Waals surface area (Å²) in [7, 11) is 1.56. The van der Waals surface area contributed by atoms with E-state index in [0.717, 1.165) is 14.5 Å². The van der Waals surface area contributed by atoms with Gasteiger partial charge >= 0.3 is 0 Å². The maximum Gasteiger partial charge on any atom is 0.295 e. The van der Waals surface area contributed by atoms with E-state index in [4.69, 9.17) is 0 Å². The van der Waals surface area contributed by atoms with E-state index in [1.54, 1.807) is 31.3 Å². The minimum Gasteiger partial charge on any atom is -0.507 e. The van der Waals surface area contributed by atoms with Crippen LogP contribution in [0, 0.1) is 0 Å². The topological polar surface area (TPSA) is 57.6 Å². The van der Waals surface area contributed by atoms with Crippen LogP contribution in [0.1, 0.15) is 17.2 Å². The lowest BCUT2D eigenvalue weighted by molar-refractivity contribution is -0.139. The highest BCUT2D eigenvalue weighted by Gasteiger charge is 2.44. The van der Waals surface area contributed by atoms with Gasteiger partial charge in [0.1, 0.15) is 5.76 Å². The number of ketones is 1. The third kappa shape index (κ3) is 2.91. The zero-order valence-corrected chi connectivity index (χ0v) is 15.8. The number of benzene rings is 2. The number of hydrogen-bond acceptors (Lipinski definition) is 3. The van der Waals surface area contributed by atoms with Crippen LogP contribution in [0.3, 0.4) is 0 Å². The molecule has 0 radical (unpaired) electrons. The summed E-state index contributed by atoms with van der Waals surface area (Å²) in [5.41, 5.74) is 1.36. The predicted molar refractivity (Wildman–Crippen MR) is 98.4 cm³/mol. The van der Waals surface area contributed by atoms with Crippen molar-refractivity contribution in [3.8, 4) is 0 Å². The van der Waals surface area contributed by atoms with Gasteiger partial charge in [-0.15, -0.1) is 0 Å². The molecule has 3 rings (SSSR count). The zero-order chi connectivity index (χ0) is 17.4. The fourth-order valence-corrected chi connectivity index (χ4v) is 3.27. The van der Waals surface area contributed by atoms with E-state index in [9.17, 15) is 14.7 Å². The Bertz CT molecular complexity index is 842. The Labute approximate surface area is 156 Å². The van der Waals surface area contributed by atoms with Crippen molar-refractivity contribution in [3.05, 3.63) is 74.2 Å². The Hall–Kier alpha value is -1.92. The molecule has 0 spiro atoms. The van der Waals surface area contributed by atoms with Gasteiger partial charge in [0, 0.05) is 21.6 Å². The van der Waals surface area contributed by atoms with E-state index >= 15 is 0 Å². The third-order valence-electron chi connectivity index (χ3n) is 3.98. The van der Waals surface area contributed by atoms with E-state index in [0.29, 0.717) is 5.56 Å². The average molecular weight is 451 g/mol. The van der Waals surface area contributed by atoms with Crippen LogP contribution >= 0.6 is 31.9 Å². The fourth-order valence-electron chi connectivity index (χ4n) is 2.75. The standard InChI is InChI=1S/C18H13Br2NO3/c1-21-15(10-2-6-12(19)7-3-10)14(17(23)18(21)24)16(22)11-4-8-13(20)9-5-11/h2-9,15,22H,1H3/t15-/m0/s1. The molecule has 1 fully saturated rings. The molecule has 0 saturated carbocycles. The van der Waals surface area contributed by atoms with Gasteiger partial charge in [-0.2, -0.15) is 0 Å². The van der Waals surface area contributed by atoms with E-state index in [1.807, 2.05) is 24.3 Å². The molecule has 0 aliphatic carbocycles. The third-order valence-corrected chi connectivity index (χ3v) is 5.04. The summed E-state index contributed by atoms with van der Waals surface area (Å²) in [5, 5.41) is 10.7. The smallest absolute Gasteiger partial charge is 0.295 e. The molecule has 0 aromatic heterocycles. The van der Waals surface area contributed by atoms with Gasteiger partial charge in [-0.1, -0.05) is 56.1 Å². The first-order chi connectivity index (χ1) is 11.4. The molecule has 1 saturated heterocycles. The molecule has 1 atom stereocenters. The van der Waals surface area contributed by atoms with Crippen molar-refractivity contribution in [3.63, 3.8) is 0 Å². The Kier molecular flexibility index (Phi) is 4.60. The quantitative estimate of drug-likeness (QED) is 0.422. The highest BCUT2D eigenvalue weighted by atomic mass is 79.9. The summed E-state index contributed by atoms with van der Waals surface area (Å²) < 4.78 is 1.76. The average Bonchev–Trinajstić information content (AvgIpc) is 2.80. The van der Waals surface area contributed by atoms with Crippen LogP contribution in [0.5, 0.6) is 0 Å². The molecule has 1 amide bonds. The van der Waals surface area contributed by atoms with Crippen LogP contribution in [0.25, 0.3) is 5.76 Å². The number of carbonyl (C=O) groups excluding carboxylic acids is 2. The number of amides is 1. The maximum atomic E-state index is 12.4. The summed E-state index contributed by atoms with van der Waals surface area (Å²) in [4.78, 5) is 25.9. The molecular weight excluding hydrogens is 438 g/mol. The molecule has 122 valence electrons. The Morgan fingerprint density at radius 2 is 1.46 bits per heavy atom. The minimum atomic E-state index is -0.675. The van der Waals surface area contributed by atoms with E-state index < -0.39 is 17.7 Å². The summed E-state index contributed by atoms with van der Waals surface area (Å²) in [5.74, 6) is -1.47. The Balaban J connectivity index is 2.16. The summed E-state index contributed by atoms with van der Waals surface area (Å²) in [6, 6.07) is 13.6. The van der Waals surface area contributed by atoms with Crippen molar-refractivity contribution in [2.75, 3.05) is 7.05 Å². The van der Waals surface area contributed by atoms with E-state index in [2.05, 4.69) is 31.9 Å². The highest BCUT2D eigenvalue weighted by Crippen LogP contribution is 2.38. The number of aliphatic hydroxyl groups is 1. The van der Waals surface area contributed by atoms with Gasteiger partial charge in [-0.25, -0.2) is 0 Å². The first-order valence-electron chi connectivity index (χ1n) is 7.16. The van der Waals surface area contributed by atoms with Crippen LogP contribution in [-0.4, -0.2) is 28.7 Å². The summed E-state index contributed by atoms with van der Waals surface area (Å²) in [6.45, 7) is 0. The van der Waals surface area contributed by atoms with Gasteiger partial charge in [0.2, 0.25) is 0 Å². The number of halogens is 2. The van der Waals surface area contributed by atoms with Gasteiger partial charge in [0.15, 0.2) is 0 Å². The number of aliphatic hydroxyl groups excluding tert-OH is 1. The Morgan fingerprint density at radius 1 is 0.958 bits per heavy atom.